The average molecular weight is 349 g/mol. The van der Waals surface area contributed by atoms with Gasteiger partial charge in [0.2, 0.25) is 0 Å². The van der Waals surface area contributed by atoms with Crippen LogP contribution in [0.15, 0.2) is 54.6 Å². The van der Waals surface area contributed by atoms with Gasteiger partial charge < -0.3 is 9.85 Å². The van der Waals surface area contributed by atoms with Crippen molar-refractivity contribution in [2.75, 3.05) is 26.3 Å². The van der Waals surface area contributed by atoms with Gasteiger partial charge in [0, 0.05) is 32.0 Å². The molecule has 2 atom stereocenters. The Morgan fingerprint density at radius 1 is 1.00 bits per heavy atom. The minimum atomic E-state index is -0.212. The topological polar surface area (TPSA) is 38.3 Å². The molecule has 2 aliphatic heterocycles. The van der Waals surface area contributed by atoms with Gasteiger partial charge in [0.15, 0.2) is 0 Å². The van der Waals surface area contributed by atoms with Crippen LogP contribution in [0.4, 0.5) is 5.69 Å². The van der Waals surface area contributed by atoms with Gasteiger partial charge in [-0.2, -0.15) is 0 Å². The quantitative estimate of drug-likeness (QED) is 0.665. The number of likely N-dealkylation sites (tertiary alicyclic amines) is 1. The van der Waals surface area contributed by atoms with Gasteiger partial charge in [0.1, 0.15) is 17.9 Å². The maximum absolute atomic E-state index is 13.9. The highest BCUT2D eigenvalue weighted by Crippen LogP contribution is 2.44. The van der Waals surface area contributed by atoms with Crippen LogP contribution in [0.2, 0.25) is 0 Å². The Morgan fingerprint density at radius 3 is 2.54 bits per heavy atom. The maximum Gasteiger partial charge on any atom is 0.137 e. The van der Waals surface area contributed by atoms with Crippen molar-refractivity contribution in [3.05, 3.63) is 70.9 Å². The molecule has 0 bridgehead atoms. The lowest BCUT2D eigenvalue weighted by Crippen LogP contribution is -2.63. The molecule has 0 saturated carbocycles. The highest BCUT2D eigenvalue weighted by Gasteiger charge is 2.53. The zero-order valence-electron chi connectivity index (χ0n) is 15.2. The minimum Gasteiger partial charge on any atom is -0.626 e. The number of benzene rings is 2. The Labute approximate surface area is 155 Å². The van der Waals surface area contributed by atoms with E-state index in [9.17, 15) is 5.21 Å². The summed E-state index contributed by atoms with van der Waals surface area (Å²) in [7, 11) is 0. The van der Waals surface area contributed by atoms with Crippen LogP contribution in [-0.4, -0.2) is 36.7 Å². The van der Waals surface area contributed by atoms with Crippen LogP contribution >= 0.6 is 0 Å². The molecule has 136 valence electrons. The van der Waals surface area contributed by atoms with Crippen molar-refractivity contribution >= 4 is 5.69 Å². The fraction of sp³-hybridized carbons (Fsp3) is 0.455. The van der Waals surface area contributed by atoms with E-state index in [1.54, 1.807) is 0 Å². The number of hydrogen-bond donors (Lipinski definition) is 1. The van der Waals surface area contributed by atoms with Crippen molar-refractivity contribution in [1.82, 2.24) is 14.9 Å². The fourth-order valence-corrected chi connectivity index (χ4v) is 5.48. The molecule has 4 heteroatoms. The standard InChI is InChI=1S/C22H27N3O/c26-25(19-7-2-1-3-8-19)17-23-16-22(25)12-14-24(15-13-22)21-11-10-18-6-4-5-9-20(18)21/h1-9,21,23H,10-17H2/t21?,25-/m0/s1. The summed E-state index contributed by atoms with van der Waals surface area (Å²) in [6.45, 7) is 3.38. The lowest BCUT2D eigenvalue weighted by atomic mass is 9.85. The Balaban J connectivity index is 1.37. The van der Waals surface area contributed by atoms with Gasteiger partial charge in [0.05, 0.1) is 6.54 Å². The van der Waals surface area contributed by atoms with Crippen LogP contribution in [0.3, 0.4) is 0 Å². The van der Waals surface area contributed by atoms with E-state index in [1.807, 2.05) is 30.3 Å². The summed E-state index contributed by atoms with van der Waals surface area (Å²) >= 11 is 0. The second-order valence-electron chi connectivity index (χ2n) is 8.17. The Bertz CT molecular complexity index is 785. The van der Waals surface area contributed by atoms with E-state index >= 15 is 0 Å². The molecule has 1 N–H and O–H groups in total. The Kier molecular flexibility index (Phi) is 3.90. The third-order valence-electron chi connectivity index (χ3n) is 7.00. The molecule has 2 heterocycles. The van der Waals surface area contributed by atoms with Crippen LogP contribution in [0.25, 0.3) is 0 Å². The molecule has 4 nitrogen and oxygen atoms in total. The minimum absolute atomic E-state index is 0.205. The summed E-state index contributed by atoms with van der Waals surface area (Å²) < 4.78 is -0.205. The third-order valence-corrected chi connectivity index (χ3v) is 7.00. The van der Waals surface area contributed by atoms with Crippen LogP contribution in [0, 0.1) is 5.21 Å². The summed E-state index contributed by atoms with van der Waals surface area (Å²) in [4.78, 5) is 2.63. The molecule has 3 aliphatic rings. The molecule has 0 radical (unpaired) electrons. The first kappa shape index (κ1) is 16.5. The molecule has 1 spiro atoms. The fourth-order valence-electron chi connectivity index (χ4n) is 5.48. The number of piperidine rings is 1. The zero-order valence-corrected chi connectivity index (χ0v) is 15.2. The molecule has 1 unspecified atom stereocenters. The van der Waals surface area contributed by atoms with Crippen molar-refractivity contribution in [2.45, 2.75) is 37.3 Å². The average Bonchev–Trinajstić information content (AvgIpc) is 3.26. The molecule has 2 fully saturated rings. The largest absolute Gasteiger partial charge is 0.626 e. The van der Waals surface area contributed by atoms with E-state index in [4.69, 9.17) is 0 Å². The first-order valence-corrected chi connectivity index (χ1v) is 9.89. The number of quaternary nitrogens is 1. The van der Waals surface area contributed by atoms with Gasteiger partial charge in [-0.05, 0) is 36.1 Å². The summed E-state index contributed by atoms with van der Waals surface area (Å²) in [5.41, 5.74) is 3.71. The summed E-state index contributed by atoms with van der Waals surface area (Å²) in [5.74, 6) is 0. The van der Waals surface area contributed by atoms with Crippen LogP contribution in [-0.2, 0) is 6.42 Å². The van der Waals surface area contributed by atoms with Gasteiger partial charge in [0.25, 0.3) is 0 Å². The van der Waals surface area contributed by atoms with Crippen LogP contribution in [0.1, 0.15) is 36.4 Å². The Morgan fingerprint density at radius 2 is 1.73 bits per heavy atom. The van der Waals surface area contributed by atoms with Crippen molar-refractivity contribution in [2.24, 2.45) is 0 Å². The number of fused-ring (bicyclic) bond motifs is 1. The molecular weight excluding hydrogens is 322 g/mol. The molecule has 26 heavy (non-hydrogen) atoms. The van der Waals surface area contributed by atoms with E-state index in [0.717, 1.165) is 38.2 Å². The van der Waals surface area contributed by atoms with Crippen molar-refractivity contribution in [1.29, 1.82) is 0 Å². The smallest absolute Gasteiger partial charge is 0.137 e. The van der Waals surface area contributed by atoms with Gasteiger partial charge in [-0.15, -0.1) is 0 Å². The highest BCUT2D eigenvalue weighted by atomic mass is 16.6. The van der Waals surface area contributed by atoms with Crippen molar-refractivity contribution in [3.8, 4) is 0 Å². The van der Waals surface area contributed by atoms with E-state index < -0.39 is 0 Å². The van der Waals surface area contributed by atoms with E-state index in [0.29, 0.717) is 12.7 Å². The van der Waals surface area contributed by atoms with E-state index in [-0.39, 0.29) is 10.2 Å². The first-order valence-electron chi connectivity index (χ1n) is 9.89. The zero-order chi connectivity index (χ0) is 17.6. The lowest BCUT2D eigenvalue weighted by molar-refractivity contribution is 0.0682. The Hall–Kier alpha value is -1.72. The van der Waals surface area contributed by atoms with Crippen LogP contribution in [0.5, 0.6) is 0 Å². The summed E-state index contributed by atoms with van der Waals surface area (Å²) in [5, 5.41) is 17.3. The van der Waals surface area contributed by atoms with Crippen molar-refractivity contribution < 1.29 is 0 Å². The highest BCUT2D eigenvalue weighted by molar-refractivity contribution is 5.47. The summed E-state index contributed by atoms with van der Waals surface area (Å²) in [6, 6.07) is 19.4. The van der Waals surface area contributed by atoms with Gasteiger partial charge in [-0.25, -0.2) is 0 Å². The maximum atomic E-state index is 13.9. The second kappa shape index (κ2) is 6.17. The second-order valence-corrected chi connectivity index (χ2v) is 8.17. The number of hydrogen-bond acceptors (Lipinski definition) is 3. The number of nitrogens with zero attached hydrogens (tertiary/aromatic N) is 2. The van der Waals surface area contributed by atoms with Gasteiger partial charge in [-0.1, -0.05) is 42.5 Å². The van der Waals surface area contributed by atoms with Gasteiger partial charge >= 0.3 is 0 Å². The number of para-hydroxylation sites is 1. The molecule has 2 saturated heterocycles. The van der Waals surface area contributed by atoms with Crippen LogP contribution < -0.4 is 9.96 Å². The van der Waals surface area contributed by atoms with Crippen molar-refractivity contribution in [3.63, 3.8) is 0 Å². The molecular formula is C22H27N3O. The SMILES string of the molecule is [O-][N@+]1(c2ccccc2)CNCC12CCN(C1CCc3ccccc31)CC2. The predicted octanol–water partition coefficient (Wildman–Crippen LogP) is 3.57. The molecule has 2 aromatic rings. The number of nitrogens with one attached hydrogen (secondary N) is 1. The molecule has 0 aromatic heterocycles. The number of rotatable bonds is 2. The lowest BCUT2D eigenvalue weighted by Gasteiger charge is -2.54. The summed E-state index contributed by atoms with van der Waals surface area (Å²) in [6.07, 6.45) is 4.35. The molecule has 1 aliphatic carbocycles. The van der Waals surface area contributed by atoms with E-state index in [2.05, 4.69) is 34.5 Å². The van der Waals surface area contributed by atoms with E-state index in [1.165, 1.54) is 24.0 Å². The first-order chi connectivity index (χ1) is 12.7. The monoisotopic (exact) mass is 349 g/mol. The molecule has 5 rings (SSSR count). The third kappa shape index (κ3) is 2.37. The molecule has 2 aromatic carbocycles. The number of aryl methyl sites for hydroxylation is 1. The molecule has 0 amide bonds. The normalized spacial score (nSPS) is 30.6. The van der Waals surface area contributed by atoms with Gasteiger partial charge in [-0.3, -0.25) is 10.2 Å². The number of hydroxylamine groups is 2. The predicted molar refractivity (Wildman–Crippen MR) is 106 cm³/mol.